The van der Waals surface area contributed by atoms with Gasteiger partial charge in [-0.25, -0.2) is 4.57 Å². The van der Waals surface area contributed by atoms with Crippen LogP contribution in [-0.2, 0) is 13.2 Å². The predicted molar refractivity (Wildman–Crippen MR) is 109 cm³/mol. The van der Waals surface area contributed by atoms with Crippen LogP contribution in [0, 0.1) is 6.92 Å². The SMILES string of the molecule is Cc1cc([Si](C)(C)C)c(C(F)(F)F)cc1-c1ccc([Si](C)(C)C)c[n+]1C. The molecule has 1 nitrogen and oxygen atoms in total. The molecule has 0 spiro atoms. The van der Waals surface area contributed by atoms with Gasteiger partial charge in [0.2, 0.25) is 5.69 Å². The van der Waals surface area contributed by atoms with Crippen molar-refractivity contribution in [3.05, 3.63) is 41.6 Å². The van der Waals surface area contributed by atoms with Gasteiger partial charge >= 0.3 is 6.18 Å². The van der Waals surface area contributed by atoms with Gasteiger partial charge in [-0.1, -0.05) is 51.4 Å². The summed E-state index contributed by atoms with van der Waals surface area (Å²) in [6.45, 7) is 14.6. The number of hydrogen-bond acceptors (Lipinski definition) is 0. The molecule has 0 aliphatic rings. The number of benzene rings is 1. The van der Waals surface area contributed by atoms with Crippen LogP contribution in [0.5, 0.6) is 0 Å². The van der Waals surface area contributed by atoms with Gasteiger partial charge < -0.3 is 0 Å². The van der Waals surface area contributed by atoms with Crippen LogP contribution in [-0.4, -0.2) is 16.1 Å². The molecule has 26 heavy (non-hydrogen) atoms. The lowest BCUT2D eigenvalue weighted by Crippen LogP contribution is -2.45. The highest BCUT2D eigenvalue weighted by atomic mass is 28.3. The molecule has 0 atom stereocenters. The molecule has 0 amide bonds. The zero-order chi connectivity index (χ0) is 20.1. The Morgan fingerprint density at radius 1 is 0.885 bits per heavy atom. The Bertz CT molecular complexity index is 829. The molecule has 1 heterocycles. The van der Waals surface area contributed by atoms with Crippen molar-refractivity contribution in [3.8, 4) is 11.3 Å². The quantitative estimate of drug-likeness (QED) is 0.527. The minimum atomic E-state index is -4.34. The maximum atomic E-state index is 13.7. The highest BCUT2D eigenvalue weighted by Crippen LogP contribution is 2.33. The van der Waals surface area contributed by atoms with Crippen LogP contribution in [0.1, 0.15) is 11.1 Å². The topological polar surface area (TPSA) is 3.88 Å². The first-order valence-corrected chi connectivity index (χ1v) is 15.9. The molecule has 0 radical (unpaired) electrons. The lowest BCUT2D eigenvalue weighted by molar-refractivity contribution is -0.659. The van der Waals surface area contributed by atoms with Crippen LogP contribution < -0.4 is 14.9 Å². The Hall–Kier alpha value is -1.41. The molecule has 0 saturated carbocycles. The Labute approximate surface area is 156 Å². The highest BCUT2D eigenvalue weighted by molar-refractivity contribution is 6.89. The largest absolute Gasteiger partial charge is 0.416 e. The second-order valence-corrected chi connectivity index (χ2v) is 19.2. The van der Waals surface area contributed by atoms with Gasteiger partial charge in [0.25, 0.3) is 0 Å². The van der Waals surface area contributed by atoms with Crippen molar-refractivity contribution in [2.24, 2.45) is 7.05 Å². The molecule has 0 bridgehead atoms. The van der Waals surface area contributed by atoms with Crippen molar-refractivity contribution < 1.29 is 17.7 Å². The first-order chi connectivity index (χ1) is 11.6. The summed E-state index contributed by atoms with van der Waals surface area (Å²) in [6.07, 6.45) is -2.27. The third kappa shape index (κ3) is 4.28. The van der Waals surface area contributed by atoms with Gasteiger partial charge in [-0.05, 0) is 23.7 Å². The molecule has 1 aromatic carbocycles. The van der Waals surface area contributed by atoms with Crippen LogP contribution in [0.3, 0.4) is 0 Å². The number of hydrogen-bond donors (Lipinski definition) is 0. The zero-order valence-corrected chi connectivity index (χ0v) is 19.0. The van der Waals surface area contributed by atoms with E-state index in [0.29, 0.717) is 10.8 Å². The lowest BCUT2D eigenvalue weighted by atomic mass is 10.0. The average Bonchev–Trinajstić information content (AvgIpc) is 2.44. The molecule has 0 saturated heterocycles. The summed E-state index contributed by atoms with van der Waals surface area (Å²) >= 11 is 0. The molecule has 142 valence electrons. The number of nitrogens with zero attached hydrogens (tertiary/aromatic N) is 1. The summed E-state index contributed by atoms with van der Waals surface area (Å²) in [4.78, 5) is 0. The Balaban J connectivity index is 2.72. The minimum Gasteiger partial charge on any atom is -0.201 e. The Morgan fingerprint density at radius 3 is 1.88 bits per heavy atom. The van der Waals surface area contributed by atoms with Crippen LogP contribution >= 0.6 is 0 Å². The van der Waals surface area contributed by atoms with Crippen molar-refractivity contribution in [1.82, 2.24) is 0 Å². The third-order valence-corrected chi connectivity index (χ3v) is 8.81. The van der Waals surface area contributed by atoms with E-state index < -0.39 is 27.9 Å². The van der Waals surface area contributed by atoms with E-state index in [4.69, 9.17) is 0 Å². The number of rotatable bonds is 3. The molecule has 0 aliphatic carbocycles. The fourth-order valence-electron chi connectivity index (χ4n) is 3.17. The van der Waals surface area contributed by atoms with E-state index in [2.05, 4.69) is 31.9 Å². The van der Waals surface area contributed by atoms with E-state index >= 15 is 0 Å². The van der Waals surface area contributed by atoms with Crippen LogP contribution in [0.15, 0.2) is 30.5 Å². The molecular weight excluding hydrogens is 367 g/mol. The van der Waals surface area contributed by atoms with E-state index in [1.54, 1.807) is 6.07 Å². The summed E-state index contributed by atoms with van der Waals surface area (Å²) in [7, 11) is -1.67. The summed E-state index contributed by atoms with van der Waals surface area (Å²) in [5.74, 6) is 0. The van der Waals surface area contributed by atoms with E-state index in [1.807, 2.05) is 44.2 Å². The fourth-order valence-corrected chi connectivity index (χ4v) is 6.01. The number of halogens is 3. The molecule has 0 aliphatic heterocycles. The molecule has 0 fully saturated rings. The summed E-state index contributed by atoms with van der Waals surface area (Å²) in [5.41, 5.74) is 1.89. The molecule has 0 unspecified atom stereocenters. The van der Waals surface area contributed by atoms with Crippen molar-refractivity contribution in [2.75, 3.05) is 0 Å². The fraction of sp³-hybridized carbons (Fsp3) is 0.450. The average molecular weight is 397 g/mol. The first-order valence-electron chi connectivity index (χ1n) is 8.85. The van der Waals surface area contributed by atoms with E-state index in [9.17, 15) is 13.2 Å². The maximum absolute atomic E-state index is 13.7. The Morgan fingerprint density at radius 2 is 1.46 bits per heavy atom. The van der Waals surface area contributed by atoms with Gasteiger partial charge in [0.05, 0.1) is 21.7 Å². The Kier molecular flexibility index (Phi) is 5.34. The molecule has 6 heteroatoms. The smallest absolute Gasteiger partial charge is 0.201 e. The molecular formula is C20H29F3NSi2+. The van der Waals surface area contributed by atoms with Crippen LogP contribution in [0.2, 0.25) is 39.3 Å². The van der Waals surface area contributed by atoms with Crippen LogP contribution in [0.25, 0.3) is 11.3 Å². The number of aromatic nitrogens is 1. The summed E-state index contributed by atoms with van der Waals surface area (Å²) in [6, 6.07) is 7.15. The zero-order valence-electron chi connectivity index (χ0n) is 17.0. The highest BCUT2D eigenvalue weighted by Gasteiger charge is 2.38. The van der Waals surface area contributed by atoms with Crippen molar-refractivity contribution in [2.45, 2.75) is 52.4 Å². The molecule has 2 aromatic rings. The van der Waals surface area contributed by atoms with Gasteiger partial charge in [-0.2, -0.15) is 13.2 Å². The van der Waals surface area contributed by atoms with Crippen LogP contribution in [0.4, 0.5) is 13.2 Å². The van der Waals surface area contributed by atoms with Gasteiger partial charge in [-0.3, -0.25) is 0 Å². The van der Waals surface area contributed by atoms with Crippen molar-refractivity contribution in [1.29, 1.82) is 0 Å². The predicted octanol–water partition coefficient (Wildman–Crippen LogP) is 4.60. The standard InChI is InChI=1S/C20H29F3NSi2/c1-14-11-19(26(6,7)8)17(20(21,22)23)12-16(14)18-10-9-15(13-24(18)2)25(3,4)5/h9-13H,1-8H3/q+1. The monoisotopic (exact) mass is 396 g/mol. The second kappa shape index (κ2) is 6.64. The van der Waals surface area contributed by atoms with E-state index in [1.165, 1.54) is 11.3 Å². The number of pyridine rings is 1. The lowest BCUT2D eigenvalue weighted by Gasteiger charge is -2.24. The van der Waals surface area contributed by atoms with Crippen molar-refractivity contribution in [3.63, 3.8) is 0 Å². The van der Waals surface area contributed by atoms with Gasteiger partial charge in [0.1, 0.15) is 7.05 Å². The van der Waals surface area contributed by atoms with E-state index in [0.717, 1.165) is 11.3 Å². The second-order valence-electron chi connectivity index (χ2n) is 9.12. The molecule has 1 aromatic heterocycles. The number of alkyl halides is 3. The number of aryl methyl sites for hydroxylation is 2. The summed E-state index contributed by atoms with van der Waals surface area (Å²) in [5, 5.41) is 1.77. The van der Waals surface area contributed by atoms with Gasteiger partial charge in [-0.15, -0.1) is 0 Å². The van der Waals surface area contributed by atoms with Crippen molar-refractivity contribution >= 4 is 26.5 Å². The normalized spacial score (nSPS) is 13.2. The first kappa shape index (κ1) is 20.9. The van der Waals surface area contributed by atoms with E-state index in [-0.39, 0.29) is 0 Å². The third-order valence-electron chi connectivity index (χ3n) is 4.75. The molecule has 2 rings (SSSR count). The minimum absolute atomic E-state index is 0.479. The van der Waals surface area contributed by atoms with Gasteiger partial charge in [0, 0.05) is 16.8 Å². The van der Waals surface area contributed by atoms with Gasteiger partial charge in [0.15, 0.2) is 6.20 Å². The summed E-state index contributed by atoms with van der Waals surface area (Å²) < 4.78 is 43.2. The molecule has 0 N–H and O–H groups in total. The maximum Gasteiger partial charge on any atom is 0.416 e.